The summed E-state index contributed by atoms with van der Waals surface area (Å²) in [6.07, 6.45) is 0.217. The van der Waals surface area contributed by atoms with Crippen LogP contribution in [0.2, 0.25) is 0 Å². The van der Waals surface area contributed by atoms with Crippen LogP contribution in [-0.4, -0.2) is 27.0 Å². The zero-order valence-electron chi connectivity index (χ0n) is 17.5. The van der Waals surface area contributed by atoms with Gasteiger partial charge < -0.3 is 10.1 Å². The number of hydrogen-bond acceptors (Lipinski definition) is 4. The molecule has 0 fully saturated rings. The number of nitrogens with one attached hydrogen (secondary N) is 2. The molecule has 0 aliphatic rings. The van der Waals surface area contributed by atoms with Crippen molar-refractivity contribution in [1.82, 2.24) is 4.72 Å². The number of carbonyl (C=O) groups excluding carboxylic acids is 1. The molecular weight excluding hydrogens is 412 g/mol. The van der Waals surface area contributed by atoms with Gasteiger partial charge in [0.2, 0.25) is 15.9 Å². The van der Waals surface area contributed by atoms with E-state index in [1.165, 1.54) is 12.1 Å². The zero-order chi connectivity index (χ0) is 22.3. The molecule has 0 saturated heterocycles. The predicted molar refractivity (Wildman–Crippen MR) is 122 cm³/mol. The molecule has 3 aromatic rings. The third kappa shape index (κ3) is 6.41. The first-order valence-electron chi connectivity index (χ1n) is 10.0. The van der Waals surface area contributed by atoms with Gasteiger partial charge in [0.15, 0.2) is 0 Å². The molecule has 0 saturated carbocycles. The first-order chi connectivity index (χ1) is 14.9. The van der Waals surface area contributed by atoms with Crippen LogP contribution in [0.15, 0.2) is 83.8 Å². The molecule has 162 valence electrons. The molecule has 0 radical (unpaired) electrons. The van der Waals surface area contributed by atoms with E-state index in [1.807, 2.05) is 56.3 Å². The van der Waals surface area contributed by atoms with Gasteiger partial charge in [0, 0.05) is 5.69 Å². The summed E-state index contributed by atoms with van der Waals surface area (Å²) in [5.41, 5.74) is 2.52. The number of benzene rings is 3. The van der Waals surface area contributed by atoms with Crippen LogP contribution in [0.4, 0.5) is 5.69 Å². The molecular formula is C24H26N2O4S. The molecule has 3 aromatic carbocycles. The Bertz CT molecular complexity index is 1100. The molecule has 1 atom stereocenters. The van der Waals surface area contributed by atoms with Gasteiger partial charge in [-0.1, -0.05) is 48.0 Å². The zero-order valence-corrected chi connectivity index (χ0v) is 18.4. The van der Waals surface area contributed by atoms with Crippen molar-refractivity contribution in [2.45, 2.75) is 31.2 Å². The van der Waals surface area contributed by atoms with Crippen LogP contribution < -0.4 is 14.8 Å². The van der Waals surface area contributed by atoms with E-state index in [0.717, 1.165) is 11.1 Å². The maximum Gasteiger partial charge on any atom is 0.242 e. The van der Waals surface area contributed by atoms with E-state index >= 15 is 0 Å². The van der Waals surface area contributed by atoms with Crippen LogP contribution in [-0.2, 0) is 21.2 Å². The summed E-state index contributed by atoms with van der Waals surface area (Å²) in [6, 6.07) is 21.8. The molecule has 2 N–H and O–H groups in total. The van der Waals surface area contributed by atoms with Gasteiger partial charge in [-0.2, -0.15) is 4.72 Å². The second-order valence-electron chi connectivity index (χ2n) is 7.12. The van der Waals surface area contributed by atoms with Crippen LogP contribution in [0, 0.1) is 6.92 Å². The van der Waals surface area contributed by atoms with Crippen molar-refractivity contribution in [1.29, 1.82) is 0 Å². The lowest BCUT2D eigenvalue weighted by Gasteiger charge is -2.19. The summed E-state index contributed by atoms with van der Waals surface area (Å²) in [5, 5.41) is 2.80. The number of aryl methyl sites for hydroxylation is 1. The van der Waals surface area contributed by atoms with Gasteiger partial charge in [-0.25, -0.2) is 8.42 Å². The topological polar surface area (TPSA) is 84.5 Å². The quantitative estimate of drug-likeness (QED) is 0.530. The molecule has 31 heavy (non-hydrogen) atoms. The van der Waals surface area contributed by atoms with Crippen molar-refractivity contribution in [3.8, 4) is 5.75 Å². The average Bonchev–Trinajstić information content (AvgIpc) is 2.76. The molecule has 3 rings (SSSR count). The normalized spacial score (nSPS) is 12.2. The molecule has 1 amide bonds. The van der Waals surface area contributed by atoms with Crippen molar-refractivity contribution >= 4 is 21.6 Å². The highest BCUT2D eigenvalue weighted by atomic mass is 32.2. The molecule has 0 aliphatic carbocycles. The Balaban J connectivity index is 1.82. The number of ether oxygens (including phenoxy) is 1. The maximum atomic E-state index is 13.0. The summed E-state index contributed by atoms with van der Waals surface area (Å²) in [7, 11) is -3.92. The Hall–Kier alpha value is -3.16. The molecule has 0 heterocycles. The van der Waals surface area contributed by atoms with E-state index in [-0.39, 0.29) is 11.3 Å². The van der Waals surface area contributed by atoms with Gasteiger partial charge in [-0.3, -0.25) is 4.79 Å². The van der Waals surface area contributed by atoms with Crippen LogP contribution in [0.1, 0.15) is 18.1 Å². The standard InChI is InChI=1S/C24H26N2O4S/c1-3-30-21-13-15-22(16-14-21)31(28,29)26-23(17-19-7-5-4-6-8-19)24(27)25-20-11-9-18(2)10-12-20/h4-16,23,26H,3,17H2,1-2H3,(H,25,27)/t23-/m0/s1. The van der Waals surface area contributed by atoms with Gasteiger partial charge >= 0.3 is 0 Å². The van der Waals surface area contributed by atoms with E-state index in [2.05, 4.69) is 10.0 Å². The summed E-state index contributed by atoms with van der Waals surface area (Å²) in [5.74, 6) is 0.154. The second kappa shape index (κ2) is 10.2. The average molecular weight is 439 g/mol. The highest BCUT2D eigenvalue weighted by Gasteiger charge is 2.26. The molecule has 0 aliphatic heterocycles. The summed E-state index contributed by atoms with van der Waals surface area (Å²) in [6.45, 7) is 4.30. The highest BCUT2D eigenvalue weighted by Crippen LogP contribution is 2.17. The van der Waals surface area contributed by atoms with E-state index in [4.69, 9.17) is 4.74 Å². The van der Waals surface area contributed by atoms with Crippen molar-refractivity contribution in [2.75, 3.05) is 11.9 Å². The molecule has 7 heteroatoms. The van der Waals surface area contributed by atoms with E-state index in [9.17, 15) is 13.2 Å². The molecule has 0 bridgehead atoms. The van der Waals surface area contributed by atoms with Crippen molar-refractivity contribution in [3.05, 3.63) is 90.0 Å². The number of sulfonamides is 1. The highest BCUT2D eigenvalue weighted by molar-refractivity contribution is 7.89. The molecule has 6 nitrogen and oxygen atoms in total. The minimum atomic E-state index is -3.92. The fourth-order valence-corrected chi connectivity index (χ4v) is 4.24. The lowest BCUT2D eigenvalue weighted by Crippen LogP contribution is -2.45. The monoisotopic (exact) mass is 438 g/mol. The van der Waals surface area contributed by atoms with Crippen molar-refractivity contribution in [2.24, 2.45) is 0 Å². The lowest BCUT2D eigenvalue weighted by atomic mass is 10.1. The smallest absolute Gasteiger partial charge is 0.242 e. The van der Waals surface area contributed by atoms with E-state index < -0.39 is 22.0 Å². The SMILES string of the molecule is CCOc1ccc(S(=O)(=O)N[C@@H](Cc2ccccc2)C(=O)Nc2ccc(C)cc2)cc1. The Morgan fingerprint density at radius 3 is 2.19 bits per heavy atom. The second-order valence-corrected chi connectivity index (χ2v) is 8.84. The van der Waals surface area contributed by atoms with Gasteiger partial charge in [0.05, 0.1) is 11.5 Å². The van der Waals surface area contributed by atoms with Crippen LogP contribution in [0.5, 0.6) is 5.75 Å². The fourth-order valence-electron chi connectivity index (χ4n) is 3.04. The number of rotatable bonds is 9. The summed E-state index contributed by atoms with van der Waals surface area (Å²) < 4.78 is 33.9. The Kier molecular flexibility index (Phi) is 7.44. The number of amides is 1. The van der Waals surface area contributed by atoms with Gasteiger partial charge in [0.1, 0.15) is 11.8 Å². The largest absolute Gasteiger partial charge is 0.494 e. The first-order valence-corrected chi connectivity index (χ1v) is 11.5. The Labute approximate surface area is 183 Å². The fraction of sp³-hybridized carbons (Fsp3) is 0.208. The number of carbonyl (C=O) groups is 1. The van der Waals surface area contributed by atoms with Crippen molar-refractivity contribution < 1.29 is 17.9 Å². The third-order valence-electron chi connectivity index (χ3n) is 4.66. The number of hydrogen-bond donors (Lipinski definition) is 2. The summed E-state index contributed by atoms with van der Waals surface area (Å²) >= 11 is 0. The Morgan fingerprint density at radius 2 is 1.58 bits per heavy atom. The van der Waals surface area contributed by atoms with Crippen LogP contribution in [0.25, 0.3) is 0 Å². The van der Waals surface area contributed by atoms with Crippen molar-refractivity contribution in [3.63, 3.8) is 0 Å². The molecule has 0 spiro atoms. The molecule has 0 unspecified atom stereocenters. The van der Waals surface area contributed by atoms with Crippen LogP contribution >= 0.6 is 0 Å². The maximum absolute atomic E-state index is 13.0. The van der Waals surface area contributed by atoms with Gasteiger partial charge in [0.25, 0.3) is 0 Å². The number of anilines is 1. The lowest BCUT2D eigenvalue weighted by molar-refractivity contribution is -0.117. The summed E-state index contributed by atoms with van der Waals surface area (Å²) in [4.78, 5) is 13.1. The van der Waals surface area contributed by atoms with E-state index in [0.29, 0.717) is 18.0 Å². The molecule has 0 aromatic heterocycles. The minimum Gasteiger partial charge on any atom is -0.494 e. The Morgan fingerprint density at radius 1 is 0.935 bits per heavy atom. The first kappa shape index (κ1) is 22.5. The predicted octanol–water partition coefficient (Wildman–Crippen LogP) is 3.92. The minimum absolute atomic E-state index is 0.0668. The third-order valence-corrected chi connectivity index (χ3v) is 6.15. The van der Waals surface area contributed by atoms with Gasteiger partial charge in [-0.05, 0) is 62.2 Å². The van der Waals surface area contributed by atoms with Gasteiger partial charge in [-0.15, -0.1) is 0 Å². The van der Waals surface area contributed by atoms with E-state index in [1.54, 1.807) is 24.3 Å². The van der Waals surface area contributed by atoms with Crippen LogP contribution in [0.3, 0.4) is 0 Å².